The molecule has 11 nitrogen and oxygen atoms in total. The third-order valence-corrected chi connectivity index (χ3v) is 7.52. The Hall–Kier alpha value is -4.22. The summed E-state index contributed by atoms with van der Waals surface area (Å²) in [4.78, 5) is 47.8. The Morgan fingerprint density at radius 1 is 1.00 bits per heavy atom. The number of nitrogens with one attached hydrogen (secondary N) is 1. The number of carbonyl (C=O) groups is 2. The summed E-state index contributed by atoms with van der Waals surface area (Å²) in [5, 5.41) is 3.69. The molecular weight excluding hydrogens is 557 g/mol. The van der Waals surface area contributed by atoms with Gasteiger partial charge in [-0.05, 0) is 39.0 Å². The van der Waals surface area contributed by atoms with Gasteiger partial charge in [-0.25, -0.2) is 9.97 Å². The van der Waals surface area contributed by atoms with E-state index in [1.54, 1.807) is 31.2 Å². The van der Waals surface area contributed by atoms with Crippen LogP contribution in [0, 0.1) is 6.92 Å². The van der Waals surface area contributed by atoms with Gasteiger partial charge in [-0.2, -0.15) is 4.98 Å². The van der Waals surface area contributed by atoms with Crippen LogP contribution in [0.4, 0.5) is 11.4 Å². The lowest BCUT2D eigenvalue weighted by Gasteiger charge is -2.36. The minimum atomic E-state index is -1.64. The molecule has 2 aliphatic heterocycles. The molecule has 13 heteroatoms. The Balaban J connectivity index is 1.73. The quantitative estimate of drug-likeness (QED) is 0.357. The van der Waals surface area contributed by atoms with Crippen LogP contribution in [0.5, 0.6) is 11.9 Å². The number of aryl methyl sites for hydroxylation is 1. The highest BCUT2D eigenvalue weighted by Crippen LogP contribution is 2.55. The fraction of sp³-hybridized carbons (Fsp3) is 0.259. The summed E-state index contributed by atoms with van der Waals surface area (Å²) in [6, 6.07) is 6.56. The minimum Gasteiger partial charge on any atom is -0.480 e. The molecule has 0 saturated heterocycles. The number of benzene rings is 1. The second kappa shape index (κ2) is 9.17. The summed E-state index contributed by atoms with van der Waals surface area (Å²) in [6.07, 6.45) is 3.01. The van der Waals surface area contributed by atoms with Gasteiger partial charge in [0.05, 0.1) is 41.9 Å². The van der Waals surface area contributed by atoms with Crippen molar-refractivity contribution in [2.24, 2.45) is 0 Å². The van der Waals surface area contributed by atoms with Crippen LogP contribution in [-0.2, 0) is 10.3 Å². The lowest BCUT2D eigenvalue weighted by atomic mass is 9.87. The van der Waals surface area contributed by atoms with E-state index < -0.39 is 17.4 Å². The molecule has 0 aliphatic carbocycles. The van der Waals surface area contributed by atoms with Crippen molar-refractivity contribution in [2.45, 2.75) is 32.4 Å². The van der Waals surface area contributed by atoms with E-state index in [9.17, 15) is 9.59 Å². The van der Waals surface area contributed by atoms with E-state index in [4.69, 9.17) is 37.7 Å². The topological polar surface area (TPSA) is 124 Å². The van der Waals surface area contributed by atoms with Crippen LogP contribution in [-0.4, -0.2) is 50.5 Å². The van der Waals surface area contributed by atoms with Gasteiger partial charge in [-0.1, -0.05) is 29.3 Å². The van der Waals surface area contributed by atoms with Crippen molar-refractivity contribution in [1.82, 2.24) is 24.5 Å². The van der Waals surface area contributed by atoms with Crippen LogP contribution in [0.1, 0.15) is 47.3 Å². The normalized spacial score (nSPS) is 17.4. The number of halogens is 2. The van der Waals surface area contributed by atoms with E-state index in [0.29, 0.717) is 49.8 Å². The number of hydrogen-bond acceptors (Lipinski definition) is 8. The van der Waals surface area contributed by atoms with E-state index in [-0.39, 0.29) is 23.6 Å². The first-order chi connectivity index (χ1) is 19.1. The number of hydrogen-bond donors (Lipinski definition) is 1. The molecular formula is C27H23Cl2N7O4. The number of imidazole rings is 1. The molecule has 1 N–H and O–H groups in total. The van der Waals surface area contributed by atoms with Crippen molar-refractivity contribution in [1.29, 1.82) is 0 Å². The Bertz CT molecular complexity index is 1740. The average molecular weight is 580 g/mol. The largest absolute Gasteiger partial charge is 0.480 e. The van der Waals surface area contributed by atoms with Crippen LogP contribution < -0.4 is 19.7 Å². The van der Waals surface area contributed by atoms with Gasteiger partial charge in [-0.15, -0.1) is 0 Å². The molecule has 2 aliphatic rings. The Labute approximate surface area is 239 Å². The molecule has 204 valence electrons. The van der Waals surface area contributed by atoms with E-state index in [2.05, 4.69) is 20.3 Å². The van der Waals surface area contributed by atoms with Crippen LogP contribution >= 0.6 is 23.2 Å². The fourth-order valence-corrected chi connectivity index (χ4v) is 5.81. The molecule has 1 atom stereocenters. The van der Waals surface area contributed by atoms with Crippen LogP contribution in [0.15, 0.2) is 36.7 Å². The van der Waals surface area contributed by atoms with E-state index in [1.165, 1.54) is 31.5 Å². The second-order valence-electron chi connectivity index (χ2n) is 9.63. The number of carbonyl (C=O) groups excluding carboxylic acids is 2. The number of pyridine rings is 1. The van der Waals surface area contributed by atoms with Gasteiger partial charge in [0.15, 0.2) is 11.2 Å². The van der Waals surface area contributed by atoms with Crippen LogP contribution in [0.3, 0.4) is 0 Å². The summed E-state index contributed by atoms with van der Waals surface area (Å²) < 4.78 is 12.5. The zero-order chi connectivity index (χ0) is 28.5. The molecule has 1 spiro atoms. The number of methoxy groups -OCH3 is 2. The number of ether oxygens (including phenoxy) is 2. The fourth-order valence-electron chi connectivity index (χ4n) is 5.48. The molecule has 0 bridgehead atoms. The van der Waals surface area contributed by atoms with Crippen LogP contribution in [0.2, 0.25) is 10.0 Å². The van der Waals surface area contributed by atoms with Crippen molar-refractivity contribution >= 4 is 46.4 Å². The van der Waals surface area contributed by atoms with Crippen molar-refractivity contribution in [3.8, 4) is 23.3 Å². The number of anilines is 2. The monoisotopic (exact) mass is 579 g/mol. The smallest absolute Gasteiger partial charge is 0.319 e. The minimum absolute atomic E-state index is 0.0962. The highest BCUT2D eigenvalue weighted by Gasteiger charge is 2.64. The summed E-state index contributed by atoms with van der Waals surface area (Å²) in [7, 11) is 2.92. The maximum Gasteiger partial charge on any atom is 0.319 e. The van der Waals surface area contributed by atoms with Crippen molar-refractivity contribution in [3.63, 3.8) is 0 Å². The lowest BCUT2D eigenvalue weighted by molar-refractivity contribution is -0.119. The van der Waals surface area contributed by atoms with E-state index in [1.807, 2.05) is 18.4 Å². The van der Waals surface area contributed by atoms with Gasteiger partial charge in [0, 0.05) is 34.7 Å². The predicted octanol–water partition coefficient (Wildman–Crippen LogP) is 4.80. The molecule has 0 radical (unpaired) electrons. The van der Waals surface area contributed by atoms with Gasteiger partial charge in [0.2, 0.25) is 5.88 Å². The average Bonchev–Trinajstić information content (AvgIpc) is 3.53. The molecule has 2 amide bonds. The zero-order valence-electron chi connectivity index (χ0n) is 22.1. The molecule has 4 aromatic rings. The molecule has 1 aromatic carbocycles. The third-order valence-electron chi connectivity index (χ3n) is 7.08. The number of nitrogens with zero attached hydrogens (tertiary/aromatic N) is 6. The first kappa shape index (κ1) is 26.0. The van der Waals surface area contributed by atoms with Crippen molar-refractivity contribution in [3.05, 3.63) is 69.3 Å². The molecule has 5 heterocycles. The predicted molar refractivity (Wildman–Crippen MR) is 148 cm³/mol. The SMILES string of the molecule is COc1ncc(-c2nc3c(n2C(C)C)[C@@]2(C(=O)Nc4cc(Cl)ccc42)N(c2cc(Cl)cnc2C)C3=O)c(OC)n1. The molecule has 0 saturated carbocycles. The maximum atomic E-state index is 14.4. The molecule has 0 unspecified atom stereocenters. The molecule has 40 heavy (non-hydrogen) atoms. The zero-order valence-corrected chi connectivity index (χ0v) is 23.6. The Morgan fingerprint density at radius 2 is 1.77 bits per heavy atom. The lowest BCUT2D eigenvalue weighted by Crippen LogP contribution is -2.51. The standard InChI is InChI=1S/C27H23Cl2N7O4/c1-12(2)35-21-20(33-22(35)16-11-31-26(40-5)34-23(16)39-4)24(37)36(19-9-15(29)10-30-13(19)3)27(21)17-7-6-14(28)8-18(17)32-25(27)38/h6-12H,1-5H3,(H,32,38)/t27-/m0/s1. The van der Waals surface area contributed by atoms with E-state index in [0.717, 1.165) is 0 Å². The highest BCUT2D eigenvalue weighted by molar-refractivity contribution is 6.32. The van der Waals surface area contributed by atoms with Crippen LogP contribution in [0.25, 0.3) is 11.4 Å². The first-order valence-corrected chi connectivity index (χ1v) is 13.0. The second-order valence-corrected chi connectivity index (χ2v) is 10.5. The van der Waals surface area contributed by atoms with Gasteiger partial charge in [-0.3, -0.25) is 19.5 Å². The number of rotatable bonds is 5. The first-order valence-electron chi connectivity index (χ1n) is 12.3. The van der Waals surface area contributed by atoms with Gasteiger partial charge in [0.1, 0.15) is 5.82 Å². The summed E-state index contributed by atoms with van der Waals surface area (Å²) >= 11 is 12.7. The highest BCUT2D eigenvalue weighted by atomic mass is 35.5. The van der Waals surface area contributed by atoms with E-state index >= 15 is 0 Å². The van der Waals surface area contributed by atoms with Gasteiger partial charge >= 0.3 is 6.01 Å². The maximum absolute atomic E-state index is 14.4. The third kappa shape index (κ3) is 3.44. The molecule has 3 aromatic heterocycles. The summed E-state index contributed by atoms with van der Waals surface area (Å²) in [5.74, 6) is -0.367. The Kier molecular flexibility index (Phi) is 5.97. The van der Waals surface area contributed by atoms with Gasteiger partial charge in [0.25, 0.3) is 11.8 Å². The molecule has 0 fully saturated rings. The number of fused-ring (bicyclic) bond motifs is 4. The number of amides is 2. The summed E-state index contributed by atoms with van der Waals surface area (Å²) in [6.45, 7) is 5.62. The van der Waals surface area contributed by atoms with Crippen molar-refractivity contribution in [2.75, 3.05) is 24.4 Å². The number of aromatic nitrogens is 5. The Morgan fingerprint density at radius 3 is 2.48 bits per heavy atom. The van der Waals surface area contributed by atoms with Crippen molar-refractivity contribution < 1.29 is 19.1 Å². The summed E-state index contributed by atoms with van der Waals surface area (Å²) in [5.41, 5.74) is 1.20. The molecule has 6 rings (SSSR count). The van der Waals surface area contributed by atoms with Gasteiger partial charge < -0.3 is 19.4 Å².